The third kappa shape index (κ3) is 1.94. The second kappa shape index (κ2) is 5.26. The molecule has 0 aromatic rings. The predicted octanol–water partition coefficient (Wildman–Crippen LogP) is 2.97. The zero-order valence-corrected chi connectivity index (χ0v) is 16.7. The molecule has 0 N–H and O–H groups in total. The molecule has 0 aromatic heterocycles. The Morgan fingerprint density at radius 2 is 1.81 bits per heavy atom. The molecule has 8 atom stereocenters. The van der Waals surface area contributed by atoms with E-state index in [2.05, 4.69) is 20.8 Å². The van der Waals surface area contributed by atoms with Crippen molar-refractivity contribution in [3.05, 3.63) is 0 Å². The van der Waals surface area contributed by atoms with Crippen LogP contribution < -0.4 is 0 Å². The minimum Gasteiger partial charge on any atom is -0.462 e. The third-order valence-electron chi connectivity index (χ3n) is 8.86. The van der Waals surface area contributed by atoms with Crippen molar-refractivity contribution in [3.8, 4) is 0 Å². The largest absolute Gasteiger partial charge is 0.462 e. The second-order valence-electron chi connectivity index (χ2n) is 10.0. The number of fused-ring (bicyclic) bond motifs is 1. The Bertz CT molecular complexity index is 707. The van der Waals surface area contributed by atoms with Crippen molar-refractivity contribution in [2.75, 3.05) is 7.11 Å². The SMILES string of the molecule is CO[C@H]1C[C@]2(CC[C@]3(O2)[C@@H](C)C[C@@H]2OC(=O)[C@]4(C)CCC[C@]3(C)[C@H]24)C(=O)O1. The average Bonchev–Trinajstić information content (AvgIpc) is 3.23. The summed E-state index contributed by atoms with van der Waals surface area (Å²) in [6, 6.07) is 0. The molecule has 5 fully saturated rings. The highest BCUT2D eigenvalue weighted by molar-refractivity contribution is 5.82. The number of ether oxygens (including phenoxy) is 4. The summed E-state index contributed by atoms with van der Waals surface area (Å²) in [5.74, 6) is 0.0283. The van der Waals surface area contributed by atoms with Crippen LogP contribution in [0.15, 0.2) is 0 Å². The molecule has 3 saturated heterocycles. The first-order valence-corrected chi connectivity index (χ1v) is 10.4. The molecule has 6 nitrogen and oxygen atoms in total. The molecule has 0 aromatic carbocycles. The molecule has 0 amide bonds. The van der Waals surface area contributed by atoms with Gasteiger partial charge >= 0.3 is 11.9 Å². The van der Waals surface area contributed by atoms with Gasteiger partial charge in [-0.1, -0.05) is 20.3 Å². The van der Waals surface area contributed by atoms with Crippen molar-refractivity contribution in [1.82, 2.24) is 0 Å². The molecule has 6 heteroatoms. The lowest BCUT2D eigenvalue weighted by Gasteiger charge is -2.62. The second-order valence-corrected chi connectivity index (χ2v) is 10.0. The Morgan fingerprint density at radius 1 is 1.04 bits per heavy atom. The van der Waals surface area contributed by atoms with Gasteiger partial charge in [0.2, 0.25) is 6.29 Å². The number of carbonyl (C=O) groups excluding carboxylic acids is 2. The van der Waals surface area contributed by atoms with Crippen LogP contribution >= 0.6 is 0 Å². The molecular formula is C21H30O6. The Morgan fingerprint density at radius 3 is 2.52 bits per heavy atom. The molecule has 2 spiro atoms. The molecule has 0 bridgehead atoms. The summed E-state index contributed by atoms with van der Waals surface area (Å²) in [5, 5.41) is 0. The molecule has 3 aliphatic heterocycles. The number of esters is 2. The zero-order valence-electron chi connectivity index (χ0n) is 16.7. The molecular weight excluding hydrogens is 348 g/mol. The van der Waals surface area contributed by atoms with Crippen LogP contribution in [-0.4, -0.2) is 42.6 Å². The van der Waals surface area contributed by atoms with Gasteiger partial charge in [0.25, 0.3) is 0 Å². The van der Waals surface area contributed by atoms with Gasteiger partial charge in [0.05, 0.1) is 17.4 Å². The molecule has 2 aliphatic carbocycles. The summed E-state index contributed by atoms with van der Waals surface area (Å²) in [4.78, 5) is 25.5. The quantitative estimate of drug-likeness (QED) is 0.653. The fourth-order valence-electron chi connectivity index (χ4n) is 7.61. The van der Waals surface area contributed by atoms with E-state index in [-0.39, 0.29) is 35.3 Å². The highest BCUT2D eigenvalue weighted by Crippen LogP contribution is 2.70. The lowest BCUT2D eigenvalue weighted by atomic mass is 9.44. The topological polar surface area (TPSA) is 71.1 Å². The summed E-state index contributed by atoms with van der Waals surface area (Å²) < 4.78 is 23.4. The number of hydrogen-bond donors (Lipinski definition) is 0. The maximum atomic E-state index is 12.8. The van der Waals surface area contributed by atoms with Crippen LogP contribution in [0.1, 0.15) is 65.7 Å². The van der Waals surface area contributed by atoms with Crippen molar-refractivity contribution < 1.29 is 28.5 Å². The fraction of sp³-hybridized carbons (Fsp3) is 0.905. The van der Waals surface area contributed by atoms with E-state index in [1.54, 1.807) is 7.11 Å². The number of methoxy groups -OCH3 is 1. The van der Waals surface area contributed by atoms with E-state index in [0.29, 0.717) is 12.8 Å². The van der Waals surface area contributed by atoms with Gasteiger partial charge in [-0.2, -0.15) is 0 Å². The van der Waals surface area contributed by atoms with Crippen LogP contribution in [0.4, 0.5) is 0 Å². The van der Waals surface area contributed by atoms with Gasteiger partial charge in [-0.15, -0.1) is 0 Å². The van der Waals surface area contributed by atoms with Gasteiger partial charge in [0.1, 0.15) is 6.10 Å². The van der Waals surface area contributed by atoms with E-state index in [4.69, 9.17) is 18.9 Å². The van der Waals surface area contributed by atoms with Gasteiger partial charge in [-0.05, 0) is 44.9 Å². The predicted molar refractivity (Wildman–Crippen MR) is 94.5 cm³/mol. The van der Waals surface area contributed by atoms with Crippen LogP contribution in [0.2, 0.25) is 0 Å². The Labute approximate surface area is 160 Å². The van der Waals surface area contributed by atoms with E-state index in [9.17, 15) is 9.59 Å². The minimum atomic E-state index is -0.901. The summed E-state index contributed by atoms with van der Waals surface area (Å²) in [6.45, 7) is 6.57. The molecule has 27 heavy (non-hydrogen) atoms. The first-order chi connectivity index (χ1) is 12.7. The summed E-state index contributed by atoms with van der Waals surface area (Å²) in [5.41, 5.74) is -1.95. The fourth-order valence-corrected chi connectivity index (χ4v) is 7.61. The molecule has 0 unspecified atom stereocenters. The standard InChI is InChI=1S/C21H30O6/c1-12-10-13-15-18(2,16(22)25-13)6-5-7-19(15,3)21(12)9-8-20(27-21)11-14(24-4)26-17(20)23/h12-15H,5-11H2,1-4H3/t12-,13-,14+,15+,18+,19+,20+,21-/m0/s1. The van der Waals surface area contributed by atoms with Crippen LogP contribution in [0.3, 0.4) is 0 Å². The Kier molecular flexibility index (Phi) is 3.49. The van der Waals surface area contributed by atoms with E-state index in [1.165, 1.54) is 0 Å². The maximum absolute atomic E-state index is 12.8. The minimum absolute atomic E-state index is 0.0316. The Hall–Kier alpha value is -1.14. The average molecular weight is 378 g/mol. The van der Waals surface area contributed by atoms with Crippen LogP contribution in [0, 0.1) is 22.7 Å². The van der Waals surface area contributed by atoms with Crippen LogP contribution in [0.5, 0.6) is 0 Å². The normalized spacial score (nSPS) is 56.4. The van der Waals surface area contributed by atoms with Crippen LogP contribution in [-0.2, 0) is 28.5 Å². The smallest absolute Gasteiger partial charge is 0.340 e. The zero-order chi connectivity index (χ0) is 19.2. The molecule has 0 radical (unpaired) electrons. The molecule has 5 rings (SSSR count). The number of carbonyl (C=O) groups is 2. The molecule has 2 saturated carbocycles. The number of hydrogen-bond acceptors (Lipinski definition) is 6. The first-order valence-electron chi connectivity index (χ1n) is 10.4. The van der Waals surface area contributed by atoms with Crippen molar-refractivity contribution >= 4 is 11.9 Å². The lowest BCUT2D eigenvalue weighted by molar-refractivity contribution is -0.248. The summed E-state index contributed by atoms with van der Waals surface area (Å²) in [7, 11) is 1.56. The van der Waals surface area contributed by atoms with E-state index in [1.807, 2.05) is 0 Å². The van der Waals surface area contributed by atoms with Gasteiger partial charge in [0, 0.05) is 18.4 Å². The van der Waals surface area contributed by atoms with Gasteiger partial charge < -0.3 is 18.9 Å². The third-order valence-corrected chi connectivity index (χ3v) is 8.86. The highest BCUT2D eigenvalue weighted by Gasteiger charge is 2.75. The molecule has 150 valence electrons. The summed E-state index contributed by atoms with van der Waals surface area (Å²) in [6.07, 6.45) is 5.05. The van der Waals surface area contributed by atoms with Gasteiger partial charge in [-0.3, -0.25) is 4.79 Å². The summed E-state index contributed by atoms with van der Waals surface area (Å²) >= 11 is 0. The van der Waals surface area contributed by atoms with E-state index in [0.717, 1.165) is 32.1 Å². The monoisotopic (exact) mass is 378 g/mol. The van der Waals surface area contributed by atoms with E-state index < -0.39 is 22.9 Å². The van der Waals surface area contributed by atoms with Crippen molar-refractivity contribution in [2.24, 2.45) is 22.7 Å². The molecule has 3 heterocycles. The van der Waals surface area contributed by atoms with Crippen LogP contribution in [0.25, 0.3) is 0 Å². The van der Waals surface area contributed by atoms with Crippen molar-refractivity contribution in [3.63, 3.8) is 0 Å². The van der Waals surface area contributed by atoms with Crippen molar-refractivity contribution in [1.29, 1.82) is 0 Å². The van der Waals surface area contributed by atoms with Crippen molar-refractivity contribution in [2.45, 2.75) is 89.3 Å². The molecule has 5 aliphatic rings. The van der Waals surface area contributed by atoms with Gasteiger partial charge in [0.15, 0.2) is 5.60 Å². The first kappa shape index (κ1) is 17.9. The van der Waals surface area contributed by atoms with E-state index >= 15 is 0 Å². The number of rotatable bonds is 1. The van der Waals surface area contributed by atoms with Gasteiger partial charge in [-0.25, -0.2) is 4.79 Å². The Balaban J connectivity index is 1.57. The number of cyclic esters (lactones) is 1. The highest BCUT2D eigenvalue weighted by atomic mass is 16.7. The lowest BCUT2D eigenvalue weighted by Crippen LogP contribution is -2.65. The maximum Gasteiger partial charge on any atom is 0.340 e.